The molecule has 2 aromatic heterocycles. The number of piperazine rings is 1. The Kier molecular flexibility index (Phi) is 5.10. The maximum absolute atomic E-state index is 12.9. The summed E-state index contributed by atoms with van der Waals surface area (Å²) in [5.74, 6) is -0.206. The molecule has 146 valence electrons. The lowest BCUT2D eigenvalue weighted by molar-refractivity contribution is -0.137. The molecule has 3 amide bonds. The van der Waals surface area contributed by atoms with Crippen LogP contribution in [0.3, 0.4) is 0 Å². The van der Waals surface area contributed by atoms with E-state index in [9.17, 15) is 14.4 Å². The Balaban J connectivity index is 1.31. The highest BCUT2D eigenvalue weighted by Crippen LogP contribution is 2.22. The molecule has 2 aliphatic rings. The smallest absolute Gasteiger partial charge is 0.289 e. The average molecular weight is 382 g/mol. The third-order valence-corrected chi connectivity index (χ3v) is 5.25. The van der Waals surface area contributed by atoms with Gasteiger partial charge in [0.05, 0.1) is 24.4 Å². The minimum absolute atomic E-state index is 0.0121. The van der Waals surface area contributed by atoms with E-state index in [0.717, 1.165) is 5.69 Å². The second-order valence-electron chi connectivity index (χ2n) is 7.09. The van der Waals surface area contributed by atoms with Crippen LogP contribution >= 0.6 is 0 Å². The minimum atomic E-state index is -0.330. The van der Waals surface area contributed by atoms with Crippen molar-refractivity contribution in [3.05, 3.63) is 54.2 Å². The lowest BCUT2D eigenvalue weighted by atomic mass is 10.1. The van der Waals surface area contributed by atoms with E-state index < -0.39 is 0 Å². The first-order valence-electron chi connectivity index (χ1n) is 9.41. The highest BCUT2D eigenvalue weighted by Gasteiger charge is 2.37. The summed E-state index contributed by atoms with van der Waals surface area (Å²) in [6.07, 6.45) is 3.40. The van der Waals surface area contributed by atoms with Crippen LogP contribution in [0.25, 0.3) is 0 Å². The molecule has 8 heteroatoms. The molecule has 0 bridgehead atoms. The van der Waals surface area contributed by atoms with Gasteiger partial charge < -0.3 is 19.1 Å². The maximum Gasteiger partial charge on any atom is 0.289 e. The Labute approximate surface area is 162 Å². The van der Waals surface area contributed by atoms with Crippen molar-refractivity contribution in [2.24, 2.45) is 5.92 Å². The Bertz CT molecular complexity index is 844. The molecule has 2 aliphatic heterocycles. The van der Waals surface area contributed by atoms with Crippen molar-refractivity contribution in [1.82, 2.24) is 19.7 Å². The van der Waals surface area contributed by atoms with Gasteiger partial charge in [0.1, 0.15) is 0 Å². The van der Waals surface area contributed by atoms with Gasteiger partial charge in [0, 0.05) is 45.3 Å². The average Bonchev–Trinajstić information content (AvgIpc) is 3.38. The largest absolute Gasteiger partial charge is 0.459 e. The Morgan fingerprint density at radius 1 is 1.07 bits per heavy atom. The van der Waals surface area contributed by atoms with E-state index in [1.54, 1.807) is 33.0 Å². The SMILES string of the molecule is O=C1CC(C(=O)N2CCN(C(=O)c3ccco3)CC2)CN1Cc1ccccn1. The molecule has 0 spiro atoms. The summed E-state index contributed by atoms with van der Waals surface area (Å²) in [4.78, 5) is 46.9. The summed E-state index contributed by atoms with van der Waals surface area (Å²) >= 11 is 0. The lowest BCUT2D eigenvalue weighted by Gasteiger charge is -2.35. The molecule has 2 fully saturated rings. The Morgan fingerprint density at radius 3 is 2.54 bits per heavy atom. The van der Waals surface area contributed by atoms with Gasteiger partial charge in [-0.15, -0.1) is 0 Å². The fourth-order valence-corrected chi connectivity index (χ4v) is 3.72. The summed E-state index contributed by atoms with van der Waals surface area (Å²) in [5.41, 5.74) is 0.814. The highest BCUT2D eigenvalue weighted by atomic mass is 16.3. The summed E-state index contributed by atoms with van der Waals surface area (Å²) < 4.78 is 5.16. The van der Waals surface area contributed by atoms with Crippen molar-refractivity contribution in [2.75, 3.05) is 32.7 Å². The van der Waals surface area contributed by atoms with Gasteiger partial charge in [-0.05, 0) is 24.3 Å². The van der Waals surface area contributed by atoms with E-state index in [-0.39, 0.29) is 30.1 Å². The quantitative estimate of drug-likeness (QED) is 0.788. The number of pyridine rings is 1. The number of aromatic nitrogens is 1. The molecule has 0 N–H and O–H groups in total. The van der Waals surface area contributed by atoms with Crippen LogP contribution in [0.5, 0.6) is 0 Å². The molecule has 0 radical (unpaired) electrons. The molecule has 1 atom stereocenters. The van der Waals surface area contributed by atoms with Gasteiger partial charge in [0.25, 0.3) is 5.91 Å². The van der Waals surface area contributed by atoms with Crippen LogP contribution in [0, 0.1) is 5.92 Å². The van der Waals surface area contributed by atoms with Crippen LogP contribution < -0.4 is 0 Å². The van der Waals surface area contributed by atoms with Crippen LogP contribution in [0.2, 0.25) is 0 Å². The van der Waals surface area contributed by atoms with E-state index in [2.05, 4.69) is 4.98 Å². The van der Waals surface area contributed by atoms with Crippen molar-refractivity contribution in [1.29, 1.82) is 0 Å². The number of rotatable bonds is 4. The number of nitrogens with zero attached hydrogens (tertiary/aromatic N) is 4. The summed E-state index contributed by atoms with van der Waals surface area (Å²) in [6, 6.07) is 8.91. The first-order chi connectivity index (χ1) is 13.6. The summed E-state index contributed by atoms with van der Waals surface area (Å²) in [6.45, 7) is 2.70. The number of furan rings is 1. The number of carbonyl (C=O) groups is 3. The van der Waals surface area contributed by atoms with Crippen molar-refractivity contribution < 1.29 is 18.8 Å². The van der Waals surface area contributed by atoms with E-state index in [1.807, 2.05) is 18.2 Å². The predicted octanol–water partition coefficient (Wildman–Crippen LogP) is 1.01. The van der Waals surface area contributed by atoms with Crippen LogP contribution in [0.15, 0.2) is 47.2 Å². The molecular weight excluding hydrogens is 360 g/mol. The van der Waals surface area contributed by atoms with Crippen molar-refractivity contribution in [3.8, 4) is 0 Å². The maximum atomic E-state index is 12.9. The monoisotopic (exact) mass is 382 g/mol. The third-order valence-electron chi connectivity index (χ3n) is 5.25. The van der Waals surface area contributed by atoms with Crippen LogP contribution in [-0.2, 0) is 16.1 Å². The van der Waals surface area contributed by atoms with Gasteiger partial charge in [-0.1, -0.05) is 6.07 Å². The molecular formula is C20H22N4O4. The minimum Gasteiger partial charge on any atom is -0.459 e. The van der Waals surface area contributed by atoms with Crippen LogP contribution in [0.4, 0.5) is 0 Å². The van der Waals surface area contributed by atoms with Gasteiger partial charge in [-0.2, -0.15) is 0 Å². The van der Waals surface area contributed by atoms with E-state index in [4.69, 9.17) is 4.42 Å². The fraction of sp³-hybridized carbons (Fsp3) is 0.400. The van der Waals surface area contributed by atoms with E-state index >= 15 is 0 Å². The van der Waals surface area contributed by atoms with Crippen molar-refractivity contribution >= 4 is 17.7 Å². The summed E-state index contributed by atoms with van der Waals surface area (Å²) in [7, 11) is 0. The zero-order chi connectivity index (χ0) is 19.5. The number of hydrogen-bond acceptors (Lipinski definition) is 5. The fourth-order valence-electron chi connectivity index (χ4n) is 3.72. The van der Waals surface area contributed by atoms with Gasteiger partial charge in [0.2, 0.25) is 11.8 Å². The van der Waals surface area contributed by atoms with E-state index in [0.29, 0.717) is 45.0 Å². The Hall–Kier alpha value is -3.16. The topological polar surface area (TPSA) is 87.0 Å². The molecule has 4 rings (SSSR count). The van der Waals surface area contributed by atoms with Crippen LogP contribution in [0.1, 0.15) is 22.7 Å². The molecule has 0 saturated carbocycles. The van der Waals surface area contributed by atoms with Crippen LogP contribution in [-0.4, -0.2) is 70.1 Å². The van der Waals surface area contributed by atoms with Gasteiger partial charge in [-0.3, -0.25) is 19.4 Å². The molecule has 0 aliphatic carbocycles. The lowest BCUT2D eigenvalue weighted by Crippen LogP contribution is -2.52. The molecule has 1 unspecified atom stereocenters. The number of likely N-dealkylation sites (tertiary alicyclic amines) is 1. The predicted molar refractivity (Wildman–Crippen MR) is 99.0 cm³/mol. The van der Waals surface area contributed by atoms with Gasteiger partial charge in [-0.25, -0.2) is 0 Å². The molecule has 8 nitrogen and oxygen atoms in total. The Morgan fingerprint density at radius 2 is 1.86 bits per heavy atom. The zero-order valence-corrected chi connectivity index (χ0v) is 15.5. The van der Waals surface area contributed by atoms with Gasteiger partial charge in [0.15, 0.2) is 5.76 Å². The second kappa shape index (κ2) is 7.84. The number of amides is 3. The van der Waals surface area contributed by atoms with Crippen molar-refractivity contribution in [3.63, 3.8) is 0 Å². The first-order valence-corrected chi connectivity index (χ1v) is 9.41. The molecule has 2 saturated heterocycles. The molecule has 4 heterocycles. The third kappa shape index (κ3) is 3.76. The molecule has 28 heavy (non-hydrogen) atoms. The normalized spacial score (nSPS) is 19.9. The molecule has 0 aromatic carbocycles. The summed E-state index contributed by atoms with van der Waals surface area (Å²) in [5, 5.41) is 0. The van der Waals surface area contributed by atoms with Crippen molar-refractivity contribution in [2.45, 2.75) is 13.0 Å². The second-order valence-corrected chi connectivity index (χ2v) is 7.09. The standard InChI is InChI=1S/C20H22N4O4/c25-18-12-15(13-24(18)14-16-4-1-2-6-21-16)19(26)22-7-9-23(10-8-22)20(27)17-5-3-11-28-17/h1-6,11,15H,7-10,12-14H2. The zero-order valence-electron chi connectivity index (χ0n) is 15.5. The number of hydrogen-bond donors (Lipinski definition) is 0. The van der Waals surface area contributed by atoms with E-state index in [1.165, 1.54) is 6.26 Å². The highest BCUT2D eigenvalue weighted by molar-refractivity contribution is 5.92. The molecule has 2 aromatic rings. The number of carbonyl (C=O) groups excluding carboxylic acids is 3. The first kappa shape index (κ1) is 18.2. The van der Waals surface area contributed by atoms with Gasteiger partial charge >= 0.3 is 0 Å².